The number of nitrogens with zero attached hydrogens (tertiary/aromatic N) is 1. The lowest BCUT2D eigenvalue weighted by molar-refractivity contribution is 0.0903. The second kappa shape index (κ2) is 6.37. The van der Waals surface area contributed by atoms with Crippen LogP contribution in [0.5, 0.6) is 5.75 Å². The summed E-state index contributed by atoms with van der Waals surface area (Å²) in [7, 11) is 1.74. The molecule has 3 heteroatoms. The highest BCUT2D eigenvalue weighted by Gasteiger charge is 2.39. The monoisotopic (exact) mass is 288 g/mol. The standard InChI is InChI=1S/C18H28N2O/c1-15-13-19-18(9-3-4-10-18)14-20(15)11-8-16-6-5-7-17(12-16)21-2/h5-7,12,15,19H,3-4,8-11,13-14H2,1-2H3. The zero-order valence-electron chi connectivity index (χ0n) is 13.4. The number of hydrogen-bond acceptors (Lipinski definition) is 3. The number of ether oxygens (including phenoxy) is 1. The van der Waals surface area contributed by atoms with Crippen LogP contribution in [-0.4, -0.2) is 43.2 Å². The molecule has 0 bridgehead atoms. The summed E-state index contributed by atoms with van der Waals surface area (Å²) < 4.78 is 5.32. The van der Waals surface area contributed by atoms with E-state index in [4.69, 9.17) is 4.74 Å². The summed E-state index contributed by atoms with van der Waals surface area (Å²) in [5, 5.41) is 3.83. The van der Waals surface area contributed by atoms with Crippen molar-refractivity contribution in [3.05, 3.63) is 29.8 Å². The van der Waals surface area contributed by atoms with Gasteiger partial charge in [-0.25, -0.2) is 0 Å². The summed E-state index contributed by atoms with van der Waals surface area (Å²) in [6.07, 6.45) is 6.61. The zero-order valence-corrected chi connectivity index (χ0v) is 13.4. The van der Waals surface area contributed by atoms with Crippen molar-refractivity contribution in [2.24, 2.45) is 0 Å². The maximum absolute atomic E-state index is 5.32. The Balaban J connectivity index is 1.60. The van der Waals surface area contributed by atoms with Crippen molar-refractivity contribution in [3.8, 4) is 5.75 Å². The summed E-state index contributed by atoms with van der Waals surface area (Å²) in [4.78, 5) is 2.68. The van der Waals surface area contributed by atoms with Crippen LogP contribution in [0, 0.1) is 0 Å². The average molecular weight is 288 g/mol. The Kier molecular flexibility index (Phi) is 4.51. The highest BCUT2D eigenvalue weighted by Crippen LogP contribution is 2.33. The van der Waals surface area contributed by atoms with Gasteiger partial charge in [0.25, 0.3) is 0 Å². The third kappa shape index (κ3) is 3.41. The molecule has 1 aliphatic carbocycles. The Morgan fingerprint density at radius 3 is 2.90 bits per heavy atom. The molecule has 1 unspecified atom stereocenters. The van der Waals surface area contributed by atoms with Gasteiger partial charge in [-0.1, -0.05) is 25.0 Å². The van der Waals surface area contributed by atoms with Crippen molar-refractivity contribution >= 4 is 0 Å². The van der Waals surface area contributed by atoms with Crippen molar-refractivity contribution in [3.63, 3.8) is 0 Å². The number of nitrogens with one attached hydrogen (secondary N) is 1. The zero-order chi connectivity index (χ0) is 14.7. The molecule has 3 nitrogen and oxygen atoms in total. The predicted octanol–water partition coefficient (Wildman–Crippen LogP) is 2.84. The van der Waals surface area contributed by atoms with E-state index < -0.39 is 0 Å². The number of piperazine rings is 1. The fourth-order valence-electron chi connectivity index (χ4n) is 3.88. The smallest absolute Gasteiger partial charge is 0.119 e. The molecule has 0 radical (unpaired) electrons. The van der Waals surface area contributed by atoms with E-state index in [-0.39, 0.29) is 0 Å². The molecule has 116 valence electrons. The van der Waals surface area contributed by atoms with Crippen LogP contribution in [0.4, 0.5) is 0 Å². The molecule has 1 saturated heterocycles. The number of hydrogen-bond donors (Lipinski definition) is 1. The van der Waals surface area contributed by atoms with Gasteiger partial charge in [0, 0.05) is 31.2 Å². The third-order valence-corrected chi connectivity index (χ3v) is 5.28. The van der Waals surface area contributed by atoms with Crippen LogP contribution in [0.2, 0.25) is 0 Å². The molecule has 2 aliphatic rings. The quantitative estimate of drug-likeness (QED) is 0.922. The molecule has 1 atom stereocenters. The van der Waals surface area contributed by atoms with Crippen LogP contribution in [0.1, 0.15) is 38.2 Å². The minimum Gasteiger partial charge on any atom is -0.497 e. The van der Waals surface area contributed by atoms with Crippen LogP contribution >= 0.6 is 0 Å². The first-order valence-electron chi connectivity index (χ1n) is 8.33. The fourth-order valence-corrected chi connectivity index (χ4v) is 3.88. The number of benzene rings is 1. The topological polar surface area (TPSA) is 24.5 Å². The van der Waals surface area contributed by atoms with Gasteiger partial charge >= 0.3 is 0 Å². The van der Waals surface area contributed by atoms with Crippen molar-refractivity contribution in [1.29, 1.82) is 0 Å². The molecule has 1 aromatic carbocycles. The molecule has 1 saturated carbocycles. The maximum Gasteiger partial charge on any atom is 0.119 e. The van der Waals surface area contributed by atoms with E-state index in [1.165, 1.54) is 37.8 Å². The third-order valence-electron chi connectivity index (χ3n) is 5.28. The van der Waals surface area contributed by atoms with Crippen LogP contribution in [0.15, 0.2) is 24.3 Å². The molecule has 1 aliphatic heterocycles. The molecule has 1 aromatic rings. The highest BCUT2D eigenvalue weighted by molar-refractivity contribution is 5.28. The largest absolute Gasteiger partial charge is 0.497 e. The molecule has 1 spiro atoms. The summed E-state index contributed by atoms with van der Waals surface area (Å²) in [5.74, 6) is 0.966. The highest BCUT2D eigenvalue weighted by atomic mass is 16.5. The van der Waals surface area contributed by atoms with Crippen LogP contribution in [-0.2, 0) is 6.42 Å². The van der Waals surface area contributed by atoms with E-state index in [1.54, 1.807) is 7.11 Å². The molecule has 1 N–H and O–H groups in total. The maximum atomic E-state index is 5.32. The second-order valence-electron chi connectivity index (χ2n) is 6.79. The lowest BCUT2D eigenvalue weighted by Gasteiger charge is -2.45. The van der Waals surface area contributed by atoms with E-state index in [0.717, 1.165) is 25.3 Å². The molecular formula is C18H28N2O. The van der Waals surface area contributed by atoms with Crippen LogP contribution in [0.25, 0.3) is 0 Å². The lowest BCUT2D eigenvalue weighted by atomic mass is 9.92. The predicted molar refractivity (Wildman–Crippen MR) is 86.9 cm³/mol. The SMILES string of the molecule is COc1cccc(CCN2CC3(CCCC3)NCC2C)c1. The van der Waals surface area contributed by atoms with Gasteiger partial charge in [-0.05, 0) is 43.9 Å². The van der Waals surface area contributed by atoms with E-state index in [9.17, 15) is 0 Å². The number of rotatable bonds is 4. The van der Waals surface area contributed by atoms with E-state index in [0.29, 0.717) is 11.6 Å². The summed E-state index contributed by atoms with van der Waals surface area (Å²) in [6, 6.07) is 9.12. The molecule has 21 heavy (non-hydrogen) atoms. The van der Waals surface area contributed by atoms with Crippen molar-refractivity contribution < 1.29 is 4.74 Å². The van der Waals surface area contributed by atoms with Gasteiger partial charge in [-0.3, -0.25) is 4.90 Å². The number of methoxy groups -OCH3 is 1. The summed E-state index contributed by atoms with van der Waals surface area (Å²) >= 11 is 0. The molecule has 0 aromatic heterocycles. The van der Waals surface area contributed by atoms with Crippen LogP contribution in [0.3, 0.4) is 0 Å². The van der Waals surface area contributed by atoms with Gasteiger partial charge in [0.05, 0.1) is 7.11 Å². The minimum atomic E-state index is 0.418. The van der Waals surface area contributed by atoms with Crippen LogP contribution < -0.4 is 10.1 Å². The van der Waals surface area contributed by atoms with Gasteiger partial charge in [-0.2, -0.15) is 0 Å². The van der Waals surface area contributed by atoms with E-state index >= 15 is 0 Å². The molecule has 2 fully saturated rings. The van der Waals surface area contributed by atoms with Gasteiger partial charge in [0.15, 0.2) is 0 Å². The first-order chi connectivity index (χ1) is 10.2. The summed E-state index contributed by atoms with van der Waals surface area (Å²) in [5.41, 5.74) is 1.79. The van der Waals surface area contributed by atoms with Crippen molar-refractivity contribution in [2.45, 2.75) is 50.6 Å². The second-order valence-corrected chi connectivity index (χ2v) is 6.79. The Labute approximate surface area is 128 Å². The Morgan fingerprint density at radius 1 is 1.33 bits per heavy atom. The minimum absolute atomic E-state index is 0.418. The van der Waals surface area contributed by atoms with Crippen molar-refractivity contribution in [1.82, 2.24) is 10.2 Å². The van der Waals surface area contributed by atoms with Gasteiger partial charge < -0.3 is 10.1 Å². The van der Waals surface area contributed by atoms with Crippen molar-refractivity contribution in [2.75, 3.05) is 26.7 Å². The van der Waals surface area contributed by atoms with E-state index in [1.807, 2.05) is 6.07 Å². The molecule has 0 amide bonds. The van der Waals surface area contributed by atoms with E-state index in [2.05, 4.69) is 35.3 Å². The summed E-state index contributed by atoms with van der Waals surface area (Å²) in [6.45, 7) is 5.86. The first kappa shape index (κ1) is 14.9. The lowest BCUT2D eigenvalue weighted by Crippen LogP contribution is -2.62. The van der Waals surface area contributed by atoms with Gasteiger partial charge in [0.2, 0.25) is 0 Å². The normalized spacial score (nSPS) is 25.3. The fraction of sp³-hybridized carbons (Fsp3) is 0.667. The molecule has 3 rings (SSSR count). The molecule has 1 heterocycles. The Bertz CT molecular complexity index is 468. The van der Waals surface area contributed by atoms with Gasteiger partial charge in [-0.15, -0.1) is 0 Å². The van der Waals surface area contributed by atoms with Gasteiger partial charge in [0.1, 0.15) is 5.75 Å². The molecular weight excluding hydrogens is 260 g/mol. The Morgan fingerprint density at radius 2 is 2.14 bits per heavy atom. The average Bonchev–Trinajstić information content (AvgIpc) is 2.97. The first-order valence-corrected chi connectivity index (χ1v) is 8.33. The Hall–Kier alpha value is -1.06.